The summed E-state index contributed by atoms with van der Waals surface area (Å²) in [6.45, 7) is -0.102. The van der Waals surface area contributed by atoms with Gasteiger partial charge in [-0.3, -0.25) is 4.79 Å². The summed E-state index contributed by atoms with van der Waals surface area (Å²) in [5, 5.41) is 20.0. The highest BCUT2D eigenvalue weighted by Crippen LogP contribution is 2.22. The molecule has 0 aromatic heterocycles. The van der Waals surface area contributed by atoms with Crippen LogP contribution in [0, 0.1) is 11.3 Å². The van der Waals surface area contributed by atoms with Crippen molar-refractivity contribution in [3.63, 3.8) is 0 Å². The number of hydrogen-bond donors (Lipinski definition) is 2. The fourth-order valence-corrected chi connectivity index (χ4v) is 1.04. The second-order valence-corrected chi connectivity index (χ2v) is 2.72. The Balaban J connectivity index is 2.92. The second-order valence-electron chi connectivity index (χ2n) is 2.72. The zero-order chi connectivity index (χ0) is 11.3. The lowest BCUT2D eigenvalue weighted by atomic mass is 10.2. The molecule has 0 fully saturated rings. The Bertz CT molecular complexity index is 410. The quantitative estimate of drug-likeness (QED) is 0.711. The number of phenolic OH excluding ortho intramolecular Hbond substituents is 1. The summed E-state index contributed by atoms with van der Waals surface area (Å²) in [4.78, 5) is 11.4. The van der Waals surface area contributed by atoms with Crippen LogP contribution in [0.4, 0.5) is 0 Å². The number of carbonyl (C=O) groups excluding carboxylic acids is 1. The lowest BCUT2D eigenvalue weighted by Gasteiger charge is -2.06. The van der Waals surface area contributed by atoms with Crippen molar-refractivity contribution in [1.29, 1.82) is 5.26 Å². The van der Waals surface area contributed by atoms with E-state index in [1.54, 1.807) is 6.07 Å². The first kappa shape index (κ1) is 10.9. The third-order valence-electron chi connectivity index (χ3n) is 1.78. The molecule has 0 aliphatic rings. The number of nitriles is 1. The van der Waals surface area contributed by atoms with E-state index in [1.165, 1.54) is 25.3 Å². The number of nitrogens with one attached hydrogen (secondary N) is 1. The third kappa shape index (κ3) is 2.61. The number of rotatable bonds is 3. The van der Waals surface area contributed by atoms with Crippen LogP contribution in [-0.2, 0) is 0 Å². The number of nitrogens with zero attached hydrogens (tertiary/aromatic N) is 1. The van der Waals surface area contributed by atoms with E-state index >= 15 is 0 Å². The van der Waals surface area contributed by atoms with Crippen molar-refractivity contribution in [2.45, 2.75) is 0 Å². The van der Waals surface area contributed by atoms with Gasteiger partial charge in [-0.1, -0.05) is 0 Å². The zero-order valence-corrected chi connectivity index (χ0v) is 8.15. The van der Waals surface area contributed by atoms with E-state index in [9.17, 15) is 9.90 Å². The Kier molecular flexibility index (Phi) is 3.52. The molecule has 0 heterocycles. The molecule has 0 saturated carbocycles. The average molecular weight is 206 g/mol. The van der Waals surface area contributed by atoms with Gasteiger partial charge in [0.05, 0.1) is 18.7 Å². The minimum absolute atomic E-state index is 0.0876. The van der Waals surface area contributed by atoms with Gasteiger partial charge in [0.1, 0.15) is 18.0 Å². The Morgan fingerprint density at radius 1 is 1.67 bits per heavy atom. The molecular weight excluding hydrogens is 196 g/mol. The summed E-state index contributed by atoms with van der Waals surface area (Å²) in [6, 6.07) is 6.08. The van der Waals surface area contributed by atoms with E-state index in [2.05, 4.69) is 5.32 Å². The number of aromatic hydroxyl groups is 1. The van der Waals surface area contributed by atoms with E-state index < -0.39 is 5.91 Å². The van der Waals surface area contributed by atoms with Crippen LogP contribution in [0.25, 0.3) is 0 Å². The maximum absolute atomic E-state index is 11.4. The smallest absolute Gasteiger partial charge is 0.255 e. The fourth-order valence-electron chi connectivity index (χ4n) is 1.04. The van der Waals surface area contributed by atoms with Crippen LogP contribution in [0.2, 0.25) is 0 Å². The molecule has 0 unspecified atom stereocenters. The van der Waals surface area contributed by atoms with Crippen LogP contribution >= 0.6 is 0 Å². The van der Waals surface area contributed by atoms with Gasteiger partial charge >= 0.3 is 0 Å². The van der Waals surface area contributed by atoms with Crippen molar-refractivity contribution in [3.05, 3.63) is 23.8 Å². The number of benzene rings is 1. The Hall–Kier alpha value is -2.22. The highest BCUT2D eigenvalue weighted by molar-refractivity contribution is 5.97. The van der Waals surface area contributed by atoms with E-state index in [-0.39, 0.29) is 17.9 Å². The number of phenols is 1. The molecular formula is C10H10N2O3. The monoisotopic (exact) mass is 206 g/mol. The molecule has 1 aromatic carbocycles. The number of carbonyl (C=O) groups is 1. The molecule has 5 nitrogen and oxygen atoms in total. The number of methoxy groups -OCH3 is 1. The first-order chi connectivity index (χ1) is 7.19. The molecule has 0 bridgehead atoms. The molecule has 78 valence electrons. The summed E-state index contributed by atoms with van der Waals surface area (Å²) >= 11 is 0. The first-order valence-corrected chi connectivity index (χ1v) is 4.21. The van der Waals surface area contributed by atoms with Crippen LogP contribution in [0.5, 0.6) is 11.5 Å². The number of amides is 1. The molecule has 1 aromatic rings. The lowest BCUT2D eigenvalue weighted by Crippen LogP contribution is -2.23. The second kappa shape index (κ2) is 4.86. The topological polar surface area (TPSA) is 82.3 Å². The maximum atomic E-state index is 11.4. The SMILES string of the molecule is COc1ccc(O)c(C(=O)NCC#N)c1. The normalized spacial score (nSPS) is 9.07. The third-order valence-corrected chi connectivity index (χ3v) is 1.78. The largest absolute Gasteiger partial charge is 0.507 e. The van der Waals surface area contributed by atoms with Crippen molar-refractivity contribution in [2.75, 3.05) is 13.7 Å². The van der Waals surface area contributed by atoms with Gasteiger partial charge in [-0.15, -0.1) is 0 Å². The molecule has 2 N–H and O–H groups in total. The summed E-state index contributed by atoms with van der Waals surface area (Å²) < 4.78 is 4.91. The predicted octanol–water partition coefficient (Wildman–Crippen LogP) is 0.654. The molecule has 0 atom stereocenters. The minimum Gasteiger partial charge on any atom is -0.507 e. The van der Waals surface area contributed by atoms with E-state index in [4.69, 9.17) is 10.00 Å². The van der Waals surface area contributed by atoms with E-state index in [1.807, 2.05) is 0 Å². The van der Waals surface area contributed by atoms with Crippen LogP contribution in [0.15, 0.2) is 18.2 Å². The van der Waals surface area contributed by atoms with E-state index in [0.717, 1.165) is 0 Å². The summed E-state index contributed by atoms with van der Waals surface area (Å²) in [6.07, 6.45) is 0. The average Bonchev–Trinajstić information content (AvgIpc) is 2.26. The Morgan fingerprint density at radius 2 is 2.40 bits per heavy atom. The molecule has 0 spiro atoms. The Morgan fingerprint density at radius 3 is 3.00 bits per heavy atom. The minimum atomic E-state index is -0.507. The van der Waals surface area contributed by atoms with Crippen LogP contribution < -0.4 is 10.1 Å². The van der Waals surface area contributed by atoms with Gasteiger partial charge in [0.2, 0.25) is 0 Å². The van der Waals surface area contributed by atoms with Gasteiger partial charge in [0.25, 0.3) is 5.91 Å². The van der Waals surface area contributed by atoms with Crippen LogP contribution in [-0.4, -0.2) is 24.7 Å². The van der Waals surface area contributed by atoms with Gasteiger partial charge in [0.15, 0.2) is 0 Å². The number of hydrogen-bond acceptors (Lipinski definition) is 4. The maximum Gasteiger partial charge on any atom is 0.255 e. The number of ether oxygens (including phenoxy) is 1. The van der Waals surface area contributed by atoms with Gasteiger partial charge < -0.3 is 15.2 Å². The van der Waals surface area contributed by atoms with Gasteiger partial charge in [0, 0.05) is 0 Å². The zero-order valence-electron chi connectivity index (χ0n) is 8.15. The molecule has 15 heavy (non-hydrogen) atoms. The predicted molar refractivity (Wildman–Crippen MR) is 52.6 cm³/mol. The Labute approximate surface area is 86.9 Å². The summed E-state index contributed by atoms with van der Waals surface area (Å²) in [5.74, 6) is -0.186. The molecule has 0 saturated heterocycles. The standard InChI is InChI=1S/C10H10N2O3/c1-15-7-2-3-9(13)8(6-7)10(14)12-5-4-11/h2-3,6,13H,5H2,1H3,(H,12,14). The molecule has 0 aliphatic carbocycles. The molecule has 0 radical (unpaired) electrons. The van der Waals surface area contributed by atoms with Crippen molar-refractivity contribution in [3.8, 4) is 17.6 Å². The molecule has 5 heteroatoms. The summed E-state index contributed by atoms with van der Waals surface area (Å²) in [7, 11) is 1.46. The van der Waals surface area contributed by atoms with Gasteiger partial charge in [-0.25, -0.2) is 0 Å². The van der Waals surface area contributed by atoms with E-state index in [0.29, 0.717) is 5.75 Å². The van der Waals surface area contributed by atoms with Crippen molar-refractivity contribution in [1.82, 2.24) is 5.32 Å². The van der Waals surface area contributed by atoms with Crippen molar-refractivity contribution in [2.24, 2.45) is 0 Å². The van der Waals surface area contributed by atoms with Crippen LogP contribution in [0.3, 0.4) is 0 Å². The highest BCUT2D eigenvalue weighted by atomic mass is 16.5. The first-order valence-electron chi connectivity index (χ1n) is 4.21. The molecule has 1 rings (SSSR count). The van der Waals surface area contributed by atoms with Gasteiger partial charge in [-0.2, -0.15) is 5.26 Å². The molecule has 1 amide bonds. The van der Waals surface area contributed by atoms with Crippen molar-refractivity contribution >= 4 is 5.91 Å². The fraction of sp³-hybridized carbons (Fsp3) is 0.200. The summed E-state index contributed by atoms with van der Waals surface area (Å²) in [5.41, 5.74) is 0.0876. The van der Waals surface area contributed by atoms with Crippen LogP contribution in [0.1, 0.15) is 10.4 Å². The van der Waals surface area contributed by atoms with Gasteiger partial charge in [-0.05, 0) is 18.2 Å². The van der Waals surface area contributed by atoms with Crippen molar-refractivity contribution < 1.29 is 14.6 Å². The highest BCUT2D eigenvalue weighted by Gasteiger charge is 2.11. The molecule has 0 aliphatic heterocycles. The lowest BCUT2D eigenvalue weighted by molar-refractivity contribution is 0.0955.